The number of fused-ring (bicyclic) bond motifs is 1. The van der Waals surface area contributed by atoms with Gasteiger partial charge >= 0.3 is 5.69 Å². The number of aromatic nitrogens is 4. The normalized spacial score (nSPS) is 11.7. The topological polar surface area (TPSA) is 103 Å². The average Bonchev–Trinajstić information content (AvgIpc) is 3.09. The molecular formula is C20H24ClN5O4. The fourth-order valence-electron chi connectivity index (χ4n) is 3.12. The van der Waals surface area contributed by atoms with Gasteiger partial charge in [0, 0.05) is 25.2 Å². The zero-order valence-electron chi connectivity index (χ0n) is 17.3. The molecule has 2 N–H and O–H groups in total. The third-order valence-electron chi connectivity index (χ3n) is 4.71. The maximum atomic E-state index is 12.4. The maximum Gasteiger partial charge on any atom is 0.329 e. The van der Waals surface area contributed by atoms with Gasteiger partial charge in [-0.15, -0.1) is 0 Å². The van der Waals surface area contributed by atoms with E-state index >= 15 is 0 Å². The van der Waals surface area contributed by atoms with Gasteiger partial charge in [-0.25, -0.2) is 4.79 Å². The molecule has 3 aromatic rings. The summed E-state index contributed by atoms with van der Waals surface area (Å²) in [6, 6.07) is 5.73. The van der Waals surface area contributed by atoms with Gasteiger partial charge < -0.3 is 19.4 Å². The van der Waals surface area contributed by atoms with E-state index in [9.17, 15) is 9.59 Å². The van der Waals surface area contributed by atoms with Gasteiger partial charge in [0.1, 0.15) is 0 Å². The maximum absolute atomic E-state index is 12.4. The number of anilines is 1. The summed E-state index contributed by atoms with van der Waals surface area (Å²) >= 11 is 5.98. The number of nitrogens with zero attached hydrogens (tertiary/aromatic N) is 3. The van der Waals surface area contributed by atoms with Crippen LogP contribution in [0.15, 0.2) is 38.9 Å². The smallest absolute Gasteiger partial charge is 0.329 e. The second kappa shape index (κ2) is 9.08. The number of ether oxygens (including phenoxy) is 2. The number of hydrogen-bond acceptors (Lipinski definition) is 6. The first-order chi connectivity index (χ1) is 14.3. The van der Waals surface area contributed by atoms with Gasteiger partial charge in [0.05, 0.1) is 14.2 Å². The Kier molecular flexibility index (Phi) is 6.51. The number of allylic oxidation sites excluding steroid dienone is 2. The highest BCUT2D eigenvalue weighted by molar-refractivity contribution is 6.29. The molecule has 0 aliphatic rings. The molecule has 0 aliphatic carbocycles. The standard InChI is InChI=1S/C20H24ClN5O4/c1-12(21)8-10-26-16-17(25(2)20(28)24-18(16)27)23-19(26)22-9-7-13-5-6-14(29-3)15(11-13)30-4/h5-6,8,11H,7,9-10H2,1-4H3,(H,22,23)(H,24,27,28)/b12-8-. The molecular weight excluding hydrogens is 410 g/mol. The van der Waals surface area contributed by atoms with E-state index in [4.69, 9.17) is 21.1 Å². The molecule has 0 unspecified atom stereocenters. The summed E-state index contributed by atoms with van der Waals surface area (Å²) in [4.78, 5) is 31.1. The van der Waals surface area contributed by atoms with Gasteiger partial charge in [-0.2, -0.15) is 4.98 Å². The Morgan fingerprint density at radius 2 is 2.00 bits per heavy atom. The van der Waals surface area contributed by atoms with Crippen LogP contribution in [0.25, 0.3) is 11.2 Å². The van der Waals surface area contributed by atoms with Gasteiger partial charge in [0.25, 0.3) is 5.56 Å². The summed E-state index contributed by atoms with van der Waals surface area (Å²) in [5, 5.41) is 3.85. The molecule has 10 heteroatoms. The molecule has 0 bridgehead atoms. The number of halogens is 1. The number of imidazole rings is 1. The zero-order valence-corrected chi connectivity index (χ0v) is 18.0. The lowest BCUT2D eigenvalue weighted by atomic mass is 10.1. The van der Waals surface area contributed by atoms with E-state index in [1.54, 1.807) is 38.8 Å². The SMILES string of the molecule is COc1ccc(CCNc2nc3c(c(=O)[nH]c(=O)n3C)n2C/C=C(/C)Cl)cc1OC. The molecule has 9 nitrogen and oxygen atoms in total. The zero-order chi connectivity index (χ0) is 21.8. The minimum absolute atomic E-state index is 0.304. The number of methoxy groups -OCH3 is 2. The van der Waals surface area contributed by atoms with Crippen LogP contribution in [0.4, 0.5) is 5.95 Å². The van der Waals surface area contributed by atoms with Crippen molar-refractivity contribution in [1.29, 1.82) is 0 Å². The summed E-state index contributed by atoms with van der Waals surface area (Å²) in [5.74, 6) is 1.80. The predicted molar refractivity (Wildman–Crippen MR) is 117 cm³/mol. The van der Waals surface area contributed by atoms with Crippen LogP contribution in [0, 0.1) is 0 Å². The molecule has 160 valence electrons. The molecule has 0 atom stereocenters. The Balaban J connectivity index is 1.90. The van der Waals surface area contributed by atoms with Crippen LogP contribution in [0.3, 0.4) is 0 Å². The van der Waals surface area contributed by atoms with Crippen molar-refractivity contribution >= 4 is 28.7 Å². The Labute approximate surface area is 177 Å². The second-order valence-corrected chi connectivity index (χ2v) is 7.29. The van der Waals surface area contributed by atoms with Crippen LogP contribution < -0.4 is 26.0 Å². The predicted octanol–water partition coefficient (Wildman–Crippen LogP) is 2.24. The molecule has 0 fully saturated rings. The number of hydrogen-bond donors (Lipinski definition) is 2. The van der Waals surface area contributed by atoms with Crippen LogP contribution in [0.1, 0.15) is 12.5 Å². The van der Waals surface area contributed by atoms with Crippen molar-refractivity contribution in [2.45, 2.75) is 19.9 Å². The number of rotatable bonds is 8. The largest absolute Gasteiger partial charge is 0.493 e. The highest BCUT2D eigenvalue weighted by Crippen LogP contribution is 2.27. The van der Waals surface area contributed by atoms with Gasteiger partial charge in [-0.05, 0) is 31.0 Å². The van der Waals surface area contributed by atoms with E-state index in [0.29, 0.717) is 53.2 Å². The fraction of sp³-hybridized carbons (Fsp3) is 0.350. The van der Waals surface area contributed by atoms with E-state index in [1.807, 2.05) is 18.2 Å². The summed E-state index contributed by atoms with van der Waals surface area (Å²) in [6.07, 6.45) is 2.45. The van der Waals surface area contributed by atoms with Crippen LogP contribution in [-0.4, -0.2) is 39.9 Å². The molecule has 1 aromatic carbocycles. The van der Waals surface area contributed by atoms with E-state index in [0.717, 1.165) is 5.56 Å². The molecule has 30 heavy (non-hydrogen) atoms. The van der Waals surface area contributed by atoms with Crippen molar-refractivity contribution in [3.63, 3.8) is 0 Å². The molecule has 0 aliphatic heterocycles. The third-order valence-corrected chi connectivity index (χ3v) is 4.86. The van der Waals surface area contributed by atoms with Crippen molar-refractivity contribution in [2.24, 2.45) is 7.05 Å². The summed E-state index contributed by atoms with van der Waals surface area (Å²) in [6.45, 7) is 2.64. The number of nitrogens with one attached hydrogen (secondary N) is 2. The van der Waals surface area contributed by atoms with E-state index in [1.165, 1.54) is 4.57 Å². The summed E-state index contributed by atoms with van der Waals surface area (Å²) in [7, 11) is 4.75. The van der Waals surface area contributed by atoms with Crippen LogP contribution in [-0.2, 0) is 20.0 Å². The van der Waals surface area contributed by atoms with Crippen LogP contribution >= 0.6 is 11.6 Å². The molecule has 2 heterocycles. The molecule has 0 spiro atoms. The highest BCUT2D eigenvalue weighted by atomic mass is 35.5. The van der Waals surface area contributed by atoms with Crippen LogP contribution in [0.2, 0.25) is 0 Å². The lowest BCUT2D eigenvalue weighted by Crippen LogP contribution is -2.29. The Morgan fingerprint density at radius 1 is 1.27 bits per heavy atom. The third kappa shape index (κ3) is 4.35. The molecule has 0 saturated heterocycles. The van der Waals surface area contributed by atoms with Crippen molar-refractivity contribution in [3.8, 4) is 11.5 Å². The molecule has 2 aromatic heterocycles. The first kappa shape index (κ1) is 21.5. The van der Waals surface area contributed by atoms with Crippen molar-refractivity contribution in [3.05, 3.63) is 55.7 Å². The fourth-order valence-corrected chi connectivity index (χ4v) is 3.19. The van der Waals surface area contributed by atoms with E-state index < -0.39 is 11.2 Å². The van der Waals surface area contributed by atoms with Crippen LogP contribution in [0.5, 0.6) is 11.5 Å². The molecule has 3 rings (SSSR count). The number of aromatic amines is 1. The Bertz CT molecular complexity index is 1200. The minimum Gasteiger partial charge on any atom is -0.493 e. The monoisotopic (exact) mass is 433 g/mol. The second-order valence-electron chi connectivity index (χ2n) is 6.69. The quantitative estimate of drug-likeness (QED) is 0.564. The molecule has 0 amide bonds. The highest BCUT2D eigenvalue weighted by Gasteiger charge is 2.16. The van der Waals surface area contributed by atoms with E-state index in [-0.39, 0.29) is 0 Å². The Hall–Kier alpha value is -3.20. The molecule has 0 radical (unpaired) electrons. The first-order valence-electron chi connectivity index (χ1n) is 9.32. The average molecular weight is 434 g/mol. The van der Waals surface area contributed by atoms with Crippen molar-refractivity contribution in [2.75, 3.05) is 26.1 Å². The first-order valence-corrected chi connectivity index (χ1v) is 9.70. The summed E-state index contributed by atoms with van der Waals surface area (Å²) < 4.78 is 13.6. The lowest BCUT2D eigenvalue weighted by Gasteiger charge is -2.11. The Morgan fingerprint density at radius 3 is 2.67 bits per heavy atom. The lowest BCUT2D eigenvalue weighted by molar-refractivity contribution is 0.354. The number of aryl methyl sites for hydroxylation is 1. The van der Waals surface area contributed by atoms with Gasteiger partial charge in [-0.3, -0.25) is 14.3 Å². The van der Waals surface area contributed by atoms with Crippen molar-refractivity contribution < 1.29 is 9.47 Å². The summed E-state index contributed by atoms with van der Waals surface area (Å²) in [5.41, 5.74) is 0.648. The van der Waals surface area contributed by atoms with Gasteiger partial charge in [0.15, 0.2) is 22.7 Å². The number of H-pyrrole nitrogens is 1. The molecule has 0 saturated carbocycles. The number of benzene rings is 1. The van der Waals surface area contributed by atoms with Gasteiger partial charge in [0.2, 0.25) is 5.95 Å². The van der Waals surface area contributed by atoms with E-state index in [2.05, 4.69) is 15.3 Å². The minimum atomic E-state index is -0.516. The van der Waals surface area contributed by atoms with Gasteiger partial charge in [-0.1, -0.05) is 23.7 Å². The van der Waals surface area contributed by atoms with Crippen molar-refractivity contribution in [1.82, 2.24) is 19.1 Å².